The lowest BCUT2D eigenvalue weighted by Crippen LogP contribution is -2.69. The molecule has 0 aromatic heterocycles. The van der Waals surface area contributed by atoms with Gasteiger partial charge in [-0.3, -0.25) is 0 Å². The minimum atomic E-state index is -7.84. The largest absolute Gasteiger partial charge is 0.460 e. The average molecular weight is 360 g/mol. The zero-order chi connectivity index (χ0) is 18.4. The van der Waals surface area contributed by atoms with Crippen molar-refractivity contribution in [3.05, 3.63) is 12.2 Å². The van der Waals surface area contributed by atoms with E-state index >= 15 is 0 Å². The summed E-state index contributed by atoms with van der Waals surface area (Å²) >= 11 is 0. The maximum atomic E-state index is 12.8. The van der Waals surface area contributed by atoms with Crippen LogP contribution in [-0.2, 0) is 0 Å². The molecule has 0 nitrogen and oxygen atoms in total. The Kier molecular flexibility index (Phi) is 4.91. The van der Waals surface area contributed by atoms with Gasteiger partial charge in [-0.25, -0.2) is 0 Å². The molecule has 0 saturated heterocycles. The SMILES string of the molecule is CC=CC(F)(F)C(F)(F)C(F)(F)C(F)(F)C(F)(F)C(F)(F)F. The highest BCUT2D eigenvalue weighted by Gasteiger charge is 2.90. The third-order valence-electron chi connectivity index (χ3n) is 2.33. The molecule has 0 saturated carbocycles. The summed E-state index contributed by atoms with van der Waals surface area (Å²) in [5.74, 6) is -36.6. The van der Waals surface area contributed by atoms with E-state index in [0.717, 1.165) is 0 Å². The van der Waals surface area contributed by atoms with E-state index in [1.54, 1.807) is 0 Å². The molecular weight excluding hydrogens is 355 g/mol. The van der Waals surface area contributed by atoms with E-state index in [9.17, 15) is 57.1 Å². The first-order valence-corrected chi connectivity index (χ1v) is 4.91. The summed E-state index contributed by atoms with van der Waals surface area (Å²) in [6.07, 6.45) is -8.43. The molecule has 0 radical (unpaired) electrons. The van der Waals surface area contributed by atoms with Crippen LogP contribution in [0.3, 0.4) is 0 Å². The van der Waals surface area contributed by atoms with Crippen molar-refractivity contribution in [2.24, 2.45) is 0 Å². The van der Waals surface area contributed by atoms with E-state index in [-0.39, 0.29) is 6.08 Å². The molecule has 22 heavy (non-hydrogen) atoms. The first kappa shape index (κ1) is 20.8. The maximum absolute atomic E-state index is 12.8. The third kappa shape index (κ3) is 2.62. The van der Waals surface area contributed by atoms with Crippen molar-refractivity contribution < 1.29 is 57.1 Å². The summed E-state index contributed by atoms with van der Waals surface area (Å²) in [5.41, 5.74) is 0. The van der Waals surface area contributed by atoms with Crippen LogP contribution in [0.2, 0.25) is 0 Å². The van der Waals surface area contributed by atoms with Gasteiger partial charge >= 0.3 is 35.8 Å². The number of hydrogen-bond donors (Lipinski definition) is 0. The summed E-state index contributed by atoms with van der Waals surface area (Å²) in [4.78, 5) is 0. The highest BCUT2D eigenvalue weighted by Crippen LogP contribution is 2.60. The van der Waals surface area contributed by atoms with Gasteiger partial charge in [0.1, 0.15) is 0 Å². The van der Waals surface area contributed by atoms with Gasteiger partial charge in [-0.15, -0.1) is 0 Å². The number of alkyl halides is 13. The molecule has 0 aliphatic rings. The van der Waals surface area contributed by atoms with Crippen molar-refractivity contribution in [1.82, 2.24) is 0 Å². The van der Waals surface area contributed by atoms with Gasteiger partial charge in [-0.2, -0.15) is 57.1 Å². The second-order valence-corrected chi connectivity index (χ2v) is 3.92. The number of hydrogen-bond acceptors (Lipinski definition) is 0. The summed E-state index contributed by atoms with van der Waals surface area (Å²) in [6, 6.07) is 0. The molecule has 0 unspecified atom stereocenters. The predicted molar refractivity (Wildman–Crippen MR) is 45.6 cm³/mol. The van der Waals surface area contributed by atoms with Gasteiger partial charge in [0, 0.05) is 0 Å². The maximum Gasteiger partial charge on any atom is 0.460 e. The smallest absolute Gasteiger partial charge is 0.195 e. The molecule has 0 fully saturated rings. The van der Waals surface area contributed by atoms with Gasteiger partial charge in [0.25, 0.3) is 0 Å². The van der Waals surface area contributed by atoms with Gasteiger partial charge in [-0.05, 0) is 13.0 Å². The highest BCUT2D eigenvalue weighted by molar-refractivity contribution is 5.14. The van der Waals surface area contributed by atoms with Crippen LogP contribution in [-0.4, -0.2) is 35.8 Å². The molecule has 0 rings (SSSR count). The van der Waals surface area contributed by atoms with Crippen LogP contribution in [0.25, 0.3) is 0 Å². The lowest BCUT2D eigenvalue weighted by molar-refractivity contribution is -0.436. The molecular formula is C9H5F13. The Balaban J connectivity index is 6.23. The fraction of sp³-hybridized carbons (Fsp3) is 0.778. The molecule has 13 heteroatoms. The zero-order valence-corrected chi connectivity index (χ0v) is 10.1. The van der Waals surface area contributed by atoms with Crippen LogP contribution in [0.5, 0.6) is 0 Å². The molecule has 0 bridgehead atoms. The zero-order valence-electron chi connectivity index (χ0n) is 10.1. The Morgan fingerprint density at radius 1 is 0.500 bits per heavy atom. The Hall–Kier alpha value is -1.17. The van der Waals surface area contributed by atoms with Gasteiger partial charge in [-0.1, -0.05) is 6.08 Å². The quantitative estimate of drug-likeness (QED) is 0.461. The Morgan fingerprint density at radius 3 is 1.09 bits per heavy atom. The number of allylic oxidation sites excluding steroid dienone is 2. The second kappa shape index (κ2) is 5.18. The molecule has 0 heterocycles. The van der Waals surface area contributed by atoms with Crippen molar-refractivity contribution in [2.75, 3.05) is 0 Å². The molecule has 0 N–H and O–H groups in total. The lowest BCUT2D eigenvalue weighted by atomic mass is 9.94. The summed E-state index contributed by atoms with van der Waals surface area (Å²) in [7, 11) is 0. The Bertz CT molecular complexity index is 427. The first-order valence-electron chi connectivity index (χ1n) is 4.91. The van der Waals surface area contributed by atoms with Gasteiger partial charge in [0.05, 0.1) is 0 Å². The minimum absolute atomic E-state index is 0.00989. The Morgan fingerprint density at radius 2 is 0.818 bits per heavy atom. The fourth-order valence-electron chi connectivity index (χ4n) is 1.10. The van der Waals surface area contributed by atoms with Crippen LogP contribution < -0.4 is 0 Å². The summed E-state index contributed by atoms with van der Waals surface area (Å²) in [6.45, 7) is 0.560. The molecule has 0 aromatic carbocycles. The molecule has 0 aromatic rings. The normalized spacial score (nSPS) is 16.5. The molecule has 0 aliphatic heterocycles. The number of halogens is 13. The van der Waals surface area contributed by atoms with Gasteiger partial charge in [0.2, 0.25) is 0 Å². The van der Waals surface area contributed by atoms with E-state index in [0.29, 0.717) is 6.92 Å². The average Bonchev–Trinajstić information content (AvgIpc) is 2.26. The first-order chi connectivity index (χ1) is 9.31. The van der Waals surface area contributed by atoms with E-state index in [2.05, 4.69) is 0 Å². The molecule has 0 amide bonds. The fourth-order valence-corrected chi connectivity index (χ4v) is 1.10. The van der Waals surface area contributed by atoms with E-state index in [1.807, 2.05) is 0 Å². The monoisotopic (exact) mass is 360 g/mol. The third-order valence-corrected chi connectivity index (χ3v) is 2.33. The van der Waals surface area contributed by atoms with Crippen LogP contribution >= 0.6 is 0 Å². The standard InChI is InChI=1S/C9H5F13/c1-2-3-4(10,11)5(12,13)6(14,15)7(16,17)8(18,19)9(20,21)22/h2-3H,1H3. The molecule has 0 spiro atoms. The van der Waals surface area contributed by atoms with Crippen LogP contribution in [0, 0.1) is 0 Å². The van der Waals surface area contributed by atoms with Crippen molar-refractivity contribution in [1.29, 1.82) is 0 Å². The number of rotatable bonds is 5. The van der Waals surface area contributed by atoms with Crippen molar-refractivity contribution in [2.45, 2.75) is 42.7 Å². The highest BCUT2D eigenvalue weighted by atomic mass is 19.4. The van der Waals surface area contributed by atoms with Gasteiger partial charge in [0.15, 0.2) is 0 Å². The van der Waals surface area contributed by atoms with E-state index < -0.39 is 41.9 Å². The Labute approximate surface area is 113 Å². The molecule has 0 aliphatic carbocycles. The van der Waals surface area contributed by atoms with Crippen LogP contribution in [0.15, 0.2) is 12.2 Å². The van der Waals surface area contributed by atoms with Crippen molar-refractivity contribution in [3.8, 4) is 0 Å². The van der Waals surface area contributed by atoms with Crippen LogP contribution in [0.1, 0.15) is 6.92 Å². The predicted octanol–water partition coefficient (Wildman–Crippen LogP) is 5.30. The van der Waals surface area contributed by atoms with E-state index in [4.69, 9.17) is 0 Å². The van der Waals surface area contributed by atoms with E-state index in [1.165, 1.54) is 0 Å². The van der Waals surface area contributed by atoms with Crippen molar-refractivity contribution in [3.63, 3.8) is 0 Å². The molecule has 132 valence electrons. The van der Waals surface area contributed by atoms with Crippen molar-refractivity contribution >= 4 is 0 Å². The van der Waals surface area contributed by atoms with Crippen LogP contribution in [0.4, 0.5) is 57.1 Å². The topological polar surface area (TPSA) is 0 Å². The molecule has 0 atom stereocenters. The minimum Gasteiger partial charge on any atom is -0.195 e. The summed E-state index contributed by atoms with van der Waals surface area (Å²) in [5, 5.41) is 0. The second-order valence-electron chi connectivity index (χ2n) is 3.92. The van der Waals surface area contributed by atoms with Gasteiger partial charge < -0.3 is 0 Å². The summed E-state index contributed by atoms with van der Waals surface area (Å²) < 4.78 is 162. The lowest BCUT2D eigenvalue weighted by Gasteiger charge is -2.39.